The number of para-hydroxylation sites is 2. The van der Waals surface area contributed by atoms with Crippen molar-refractivity contribution < 1.29 is 9.69 Å². The number of hydrogen-bond donors (Lipinski definition) is 1. The Morgan fingerprint density at radius 3 is 2.69 bits per heavy atom. The van der Waals surface area contributed by atoms with Crippen LogP contribution < -0.4 is 4.90 Å². The zero-order chi connectivity index (χ0) is 19.6. The number of aryl methyl sites for hydroxylation is 1. The molecule has 0 radical (unpaired) electrons. The van der Waals surface area contributed by atoms with Gasteiger partial charge in [-0.2, -0.15) is 0 Å². The maximum absolute atomic E-state index is 12.7. The van der Waals surface area contributed by atoms with Gasteiger partial charge in [-0.05, 0) is 29.7 Å². The van der Waals surface area contributed by atoms with Crippen LogP contribution in [-0.4, -0.2) is 46.5 Å². The predicted octanol–water partition coefficient (Wildman–Crippen LogP) is 2.57. The molecule has 1 saturated heterocycles. The van der Waals surface area contributed by atoms with Crippen LogP contribution in [0.25, 0.3) is 21.1 Å². The number of rotatable bonds is 5. The van der Waals surface area contributed by atoms with E-state index in [1.165, 1.54) is 25.5 Å². The van der Waals surface area contributed by atoms with Crippen LogP contribution in [0.3, 0.4) is 0 Å². The highest BCUT2D eigenvalue weighted by molar-refractivity contribution is 7.18. The molecule has 1 aliphatic rings. The lowest BCUT2D eigenvalue weighted by molar-refractivity contribution is -0.917. The Morgan fingerprint density at radius 1 is 1.03 bits per heavy atom. The molecule has 6 heteroatoms. The summed E-state index contributed by atoms with van der Waals surface area (Å²) >= 11 is 1.79. The Bertz CT molecular complexity index is 1110. The van der Waals surface area contributed by atoms with E-state index in [1.54, 1.807) is 11.3 Å². The first kappa shape index (κ1) is 18.3. The summed E-state index contributed by atoms with van der Waals surface area (Å²) in [7, 11) is 0. The molecule has 1 aliphatic heterocycles. The normalized spacial score (nSPS) is 15.4. The van der Waals surface area contributed by atoms with Gasteiger partial charge in [-0.25, -0.2) is 4.98 Å². The molecule has 148 valence electrons. The average Bonchev–Trinajstić information content (AvgIpc) is 3.36. The van der Waals surface area contributed by atoms with Gasteiger partial charge in [-0.3, -0.25) is 4.79 Å². The molecule has 0 unspecified atom stereocenters. The van der Waals surface area contributed by atoms with Gasteiger partial charge in [0.1, 0.15) is 11.6 Å². The fourth-order valence-electron chi connectivity index (χ4n) is 4.17. The number of quaternary nitrogens is 1. The number of piperazine rings is 1. The van der Waals surface area contributed by atoms with Crippen molar-refractivity contribution in [2.45, 2.75) is 19.5 Å². The third-order valence-corrected chi connectivity index (χ3v) is 6.85. The van der Waals surface area contributed by atoms with E-state index >= 15 is 0 Å². The second-order valence-electron chi connectivity index (χ2n) is 7.70. The molecule has 2 aromatic heterocycles. The van der Waals surface area contributed by atoms with Gasteiger partial charge < -0.3 is 14.4 Å². The lowest BCUT2D eigenvalue weighted by atomic mass is 10.2. The van der Waals surface area contributed by atoms with Crippen molar-refractivity contribution in [3.63, 3.8) is 0 Å². The van der Waals surface area contributed by atoms with Gasteiger partial charge in [0.05, 0.1) is 36.4 Å². The summed E-state index contributed by atoms with van der Waals surface area (Å²) < 4.78 is 3.44. The lowest BCUT2D eigenvalue weighted by Gasteiger charge is -2.32. The number of benzene rings is 2. The molecule has 0 saturated carbocycles. The Labute approximate surface area is 174 Å². The fraction of sp³-hybridized carbons (Fsp3) is 0.304. The molecule has 0 aliphatic carbocycles. The van der Waals surface area contributed by atoms with Gasteiger partial charge in [0.15, 0.2) is 0 Å². The summed E-state index contributed by atoms with van der Waals surface area (Å²) in [5.74, 6) is 0.266. The van der Waals surface area contributed by atoms with Gasteiger partial charge in [0.25, 0.3) is 0 Å². The molecule has 0 atom stereocenters. The average molecular weight is 406 g/mol. The Kier molecular flexibility index (Phi) is 5.04. The summed E-state index contributed by atoms with van der Waals surface area (Å²) in [5.41, 5.74) is 2.30. The van der Waals surface area contributed by atoms with E-state index in [2.05, 4.69) is 47.2 Å². The monoisotopic (exact) mass is 405 g/mol. The molecule has 3 heterocycles. The van der Waals surface area contributed by atoms with Crippen LogP contribution in [0.2, 0.25) is 0 Å². The number of fused-ring (bicyclic) bond motifs is 2. The first-order chi connectivity index (χ1) is 14.3. The first-order valence-electron chi connectivity index (χ1n) is 10.3. The minimum atomic E-state index is 0.266. The molecule has 29 heavy (non-hydrogen) atoms. The fourth-order valence-corrected chi connectivity index (χ4v) is 5.21. The van der Waals surface area contributed by atoms with E-state index in [0.29, 0.717) is 6.42 Å². The second kappa shape index (κ2) is 7.97. The SMILES string of the molecule is O=C(CCn1ccc2ccccc21)N1CC[NH+](Cc2nc3ccccc3s2)CC1. The van der Waals surface area contributed by atoms with E-state index in [9.17, 15) is 4.79 Å². The standard InChI is InChI=1S/C23H24N4OS/c28-23(10-12-26-11-9-18-5-1-3-7-20(18)26)27-15-13-25(14-16-27)17-22-24-19-6-2-4-8-21(19)29-22/h1-9,11H,10,12-17H2/p+1. The predicted molar refractivity (Wildman–Crippen MR) is 117 cm³/mol. The highest BCUT2D eigenvalue weighted by atomic mass is 32.1. The van der Waals surface area contributed by atoms with E-state index in [1.807, 2.05) is 23.1 Å². The first-order valence-corrected chi connectivity index (χ1v) is 11.1. The molecule has 0 spiro atoms. The van der Waals surface area contributed by atoms with Gasteiger partial charge >= 0.3 is 0 Å². The number of thiazole rings is 1. The van der Waals surface area contributed by atoms with Crippen molar-refractivity contribution in [2.75, 3.05) is 26.2 Å². The largest absolute Gasteiger partial charge is 0.347 e. The summed E-state index contributed by atoms with van der Waals surface area (Å²) in [4.78, 5) is 21.0. The molecule has 0 bridgehead atoms. The smallest absolute Gasteiger partial charge is 0.224 e. The van der Waals surface area contributed by atoms with Crippen molar-refractivity contribution in [3.05, 3.63) is 65.8 Å². The highest BCUT2D eigenvalue weighted by Crippen LogP contribution is 2.21. The van der Waals surface area contributed by atoms with Crippen molar-refractivity contribution in [1.82, 2.24) is 14.5 Å². The van der Waals surface area contributed by atoms with Gasteiger partial charge in [-0.1, -0.05) is 30.3 Å². The number of nitrogens with one attached hydrogen (secondary N) is 1. The molecule has 5 nitrogen and oxygen atoms in total. The number of nitrogens with zero attached hydrogens (tertiary/aromatic N) is 3. The minimum Gasteiger partial charge on any atom is -0.347 e. The van der Waals surface area contributed by atoms with Crippen molar-refractivity contribution in [2.24, 2.45) is 0 Å². The maximum atomic E-state index is 12.7. The number of aromatic nitrogens is 2. The van der Waals surface area contributed by atoms with Crippen LogP contribution in [0.15, 0.2) is 60.8 Å². The molecule has 4 aromatic rings. The molecule has 1 amide bonds. The van der Waals surface area contributed by atoms with E-state index < -0.39 is 0 Å². The van der Waals surface area contributed by atoms with Crippen LogP contribution in [0.5, 0.6) is 0 Å². The van der Waals surface area contributed by atoms with E-state index in [0.717, 1.165) is 44.8 Å². The van der Waals surface area contributed by atoms with E-state index in [-0.39, 0.29) is 5.91 Å². The third-order valence-electron chi connectivity index (χ3n) is 5.81. The molecule has 2 aromatic carbocycles. The van der Waals surface area contributed by atoms with Crippen LogP contribution in [-0.2, 0) is 17.9 Å². The Balaban J connectivity index is 1.13. The number of amides is 1. The van der Waals surface area contributed by atoms with Gasteiger partial charge in [0, 0.05) is 24.7 Å². The molecule has 1 fully saturated rings. The second-order valence-corrected chi connectivity index (χ2v) is 8.82. The zero-order valence-corrected chi connectivity index (χ0v) is 17.2. The number of carbonyl (C=O) groups excluding carboxylic acids is 1. The van der Waals surface area contributed by atoms with Crippen LogP contribution >= 0.6 is 11.3 Å². The van der Waals surface area contributed by atoms with Crippen LogP contribution in [0, 0.1) is 0 Å². The minimum absolute atomic E-state index is 0.266. The zero-order valence-electron chi connectivity index (χ0n) is 16.4. The molecule has 5 rings (SSSR count). The Hall–Kier alpha value is -2.70. The van der Waals surface area contributed by atoms with Crippen molar-refractivity contribution in [1.29, 1.82) is 0 Å². The third kappa shape index (κ3) is 3.91. The summed E-state index contributed by atoms with van der Waals surface area (Å²) in [6.07, 6.45) is 2.64. The highest BCUT2D eigenvalue weighted by Gasteiger charge is 2.24. The topological polar surface area (TPSA) is 42.6 Å². The molecular formula is C23H25N4OS+. The molecule has 1 N–H and O–H groups in total. The lowest BCUT2D eigenvalue weighted by Crippen LogP contribution is -3.13. The summed E-state index contributed by atoms with van der Waals surface area (Å²) in [5, 5.41) is 2.42. The summed E-state index contributed by atoms with van der Waals surface area (Å²) in [6.45, 7) is 5.36. The van der Waals surface area contributed by atoms with Gasteiger partial charge in [-0.15, -0.1) is 11.3 Å². The maximum Gasteiger partial charge on any atom is 0.224 e. The number of carbonyl (C=O) groups is 1. The van der Waals surface area contributed by atoms with Gasteiger partial charge in [0.2, 0.25) is 5.91 Å². The van der Waals surface area contributed by atoms with Crippen molar-refractivity contribution in [3.8, 4) is 0 Å². The van der Waals surface area contributed by atoms with Crippen LogP contribution in [0.1, 0.15) is 11.4 Å². The van der Waals surface area contributed by atoms with E-state index in [4.69, 9.17) is 4.98 Å². The van der Waals surface area contributed by atoms with Crippen molar-refractivity contribution >= 4 is 38.4 Å². The van der Waals surface area contributed by atoms with Crippen LogP contribution in [0.4, 0.5) is 0 Å². The quantitative estimate of drug-likeness (QED) is 0.555. The molecular weight excluding hydrogens is 380 g/mol. The Morgan fingerprint density at radius 2 is 1.83 bits per heavy atom. The summed E-state index contributed by atoms with van der Waals surface area (Å²) in [6, 6.07) is 18.8. The number of hydrogen-bond acceptors (Lipinski definition) is 3.